The zero-order valence-corrected chi connectivity index (χ0v) is 63.1. The molecule has 0 N–H and O–H groups in total. The van der Waals surface area contributed by atoms with Crippen LogP contribution in [0, 0.1) is 0 Å². The van der Waals surface area contributed by atoms with Crippen LogP contribution >= 0.6 is 0 Å². The Bertz CT molecular complexity index is 5680. The van der Waals surface area contributed by atoms with Gasteiger partial charge < -0.3 is 14.4 Å². The number of fused-ring (bicyclic) bond motifs is 7. The third kappa shape index (κ3) is 12.2. The Labute approximate surface area is 622 Å². The molecule has 0 saturated heterocycles. The van der Waals surface area contributed by atoms with E-state index < -0.39 is 0 Å². The summed E-state index contributed by atoms with van der Waals surface area (Å²) in [7, 11) is 0. The van der Waals surface area contributed by atoms with Gasteiger partial charge in [-0.3, -0.25) is 0 Å². The van der Waals surface area contributed by atoms with Crippen LogP contribution in [0.1, 0.15) is 118 Å². The molecule has 0 amide bonds. The van der Waals surface area contributed by atoms with Crippen LogP contribution in [0.3, 0.4) is 0 Å². The number of hydrogen-bond acceptors (Lipinski definition) is 2. The molecule has 13 aromatic carbocycles. The van der Waals surface area contributed by atoms with Gasteiger partial charge in [0.15, 0.2) is 0 Å². The molecule has 14 aromatic rings. The third-order valence-corrected chi connectivity index (χ3v) is 21.9. The van der Waals surface area contributed by atoms with Crippen LogP contribution in [0.15, 0.2) is 316 Å². The van der Waals surface area contributed by atoms with Gasteiger partial charge in [-0.15, -0.1) is 0 Å². The van der Waals surface area contributed by atoms with Crippen LogP contribution < -0.4 is 26.2 Å². The number of hydrogen-bond donors (Lipinski definition) is 0. The molecule has 0 aliphatic carbocycles. The Morgan fingerprint density at radius 3 is 1.34 bits per heavy atom. The highest BCUT2D eigenvalue weighted by Crippen LogP contribution is 2.55. The SMILES string of the molecule is C=C/C=C\C(=C/C)c1cccc(-c2ccccc2)c1N1c2cc(-c3cc(C(C)(C)C)cc(C(C)(C)C)c3)ccc2B2c3ccc(C(C)(C)C)cc3N(c3c(-c4ccccc4)cccc3-c3ccccc3)c3cc(-c4cc(-c5ccc(C(C)(C)C)cc5)c5c(c4)c4ccccc4n5-c4ccccc4)cc1c32. The van der Waals surface area contributed by atoms with Gasteiger partial charge in [0.05, 0.1) is 22.4 Å². The van der Waals surface area contributed by atoms with Crippen molar-refractivity contribution in [3.05, 3.63) is 344 Å². The molecule has 2 aliphatic rings. The minimum Gasteiger partial charge on any atom is -0.310 e. The molecule has 1 aromatic heterocycles. The first-order valence-electron chi connectivity index (χ1n) is 37.4. The first kappa shape index (κ1) is 68.0. The van der Waals surface area contributed by atoms with Crippen molar-refractivity contribution in [2.24, 2.45) is 0 Å². The minimum absolute atomic E-state index is 0.0413. The zero-order chi connectivity index (χ0) is 72.8. The van der Waals surface area contributed by atoms with E-state index in [9.17, 15) is 0 Å². The van der Waals surface area contributed by atoms with E-state index in [0.717, 1.165) is 112 Å². The predicted octanol–water partition coefficient (Wildman–Crippen LogP) is 26.2. The number of anilines is 6. The summed E-state index contributed by atoms with van der Waals surface area (Å²) in [5.41, 5.74) is 34.6. The van der Waals surface area contributed by atoms with E-state index >= 15 is 0 Å². The Morgan fingerprint density at radius 2 is 0.790 bits per heavy atom. The van der Waals surface area contributed by atoms with Gasteiger partial charge in [0.2, 0.25) is 0 Å². The molecule has 514 valence electrons. The summed E-state index contributed by atoms with van der Waals surface area (Å²) < 4.78 is 2.50. The quantitative estimate of drug-likeness (QED) is 0.0892. The first-order valence-corrected chi connectivity index (χ1v) is 37.4. The molecule has 0 atom stereocenters. The summed E-state index contributed by atoms with van der Waals surface area (Å²) in [5, 5.41) is 2.38. The molecule has 0 fully saturated rings. The average molecular weight is 1360 g/mol. The number of allylic oxidation sites excluding steroid dienone is 5. The molecule has 0 bridgehead atoms. The van der Waals surface area contributed by atoms with E-state index in [1.807, 2.05) is 6.08 Å². The van der Waals surface area contributed by atoms with Gasteiger partial charge in [0.1, 0.15) is 0 Å². The standard InChI is InChI=1S/C101H92BN3/c1-15-17-34-66(16-2)80-44-32-45-81(67-35-22-18-23-36-67)95(80)104-90-61-71(72-57-77(100(9,10)11)64-78(58-72)101(12,13)14)51-55-87(90)102-88-56-54-76(99(6,7)8)65-91(88)105(96-82(68-37-24-19-25-38-68)46-33-47-83(96)69-39-26-20-27-40-69)93-63-74(62-92(104)94(93)102)73-59-85(70-49-52-75(53-50-70)98(3,4)5)97-86(60-73)84-43-30-31-48-89(84)103(97)79-41-28-21-29-42-79/h15-65H,1H2,2-14H3/b34-17-,66-16+. The molecule has 105 heavy (non-hydrogen) atoms. The van der Waals surface area contributed by atoms with Gasteiger partial charge >= 0.3 is 0 Å². The smallest absolute Gasteiger partial charge is 0.252 e. The first-order chi connectivity index (χ1) is 50.5. The molecule has 2 aliphatic heterocycles. The van der Waals surface area contributed by atoms with E-state index in [0.29, 0.717) is 0 Å². The van der Waals surface area contributed by atoms with Crippen LogP contribution in [0.25, 0.3) is 99.8 Å². The molecule has 16 rings (SSSR count). The number of para-hydroxylation sites is 4. The van der Waals surface area contributed by atoms with Crippen molar-refractivity contribution in [3.8, 4) is 72.4 Å². The highest BCUT2D eigenvalue weighted by Gasteiger charge is 2.46. The largest absolute Gasteiger partial charge is 0.310 e. The summed E-state index contributed by atoms with van der Waals surface area (Å²) in [4.78, 5) is 5.41. The van der Waals surface area contributed by atoms with Crippen molar-refractivity contribution in [1.29, 1.82) is 0 Å². The topological polar surface area (TPSA) is 11.4 Å². The fourth-order valence-electron chi connectivity index (χ4n) is 16.3. The second kappa shape index (κ2) is 26.4. The number of nitrogens with zero attached hydrogens (tertiary/aromatic N) is 3. The molecule has 4 heteroatoms. The molecule has 0 unspecified atom stereocenters. The molecular formula is C101H92BN3. The van der Waals surface area contributed by atoms with E-state index in [2.05, 4.69) is 414 Å². The van der Waals surface area contributed by atoms with Gasteiger partial charge in [0.25, 0.3) is 6.71 Å². The summed E-state index contributed by atoms with van der Waals surface area (Å²) in [6.45, 7) is 34.3. The van der Waals surface area contributed by atoms with Crippen LogP contribution in [0.5, 0.6) is 0 Å². The van der Waals surface area contributed by atoms with Crippen molar-refractivity contribution >= 4 is 84.6 Å². The highest BCUT2D eigenvalue weighted by molar-refractivity contribution is 7.00. The highest BCUT2D eigenvalue weighted by atomic mass is 15.2. The van der Waals surface area contributed by atoms with Crippen LogP contribution in [0.4, 0.5) is 34.1 Å². The van der Waals surface area contributed by atoms with Crippen LogP contribution in [0.2, 0.25) is 0 Å². The summed E-state index contributed by atoms with van der Waals surface area (Å²) in [6.07, 6.45) is 8.47. The van der Waals surface area contributed by atoms with Crippen LogP contribution in [-0.4, -0.2) is 11.3 Å². The van der Waals surface area contributed by atoms with Crippen molar-refractivity contribution in [2.45, 2.75) is 112 Å². The maximum Gasteiger partial charge on any atom is 0.252 e. The van der Waals surface area contributed by atoms with Gasteiger partial charge in [0, 0.05) is 67.0 Å². The fourth-order valence-corrected chi connectivity index (χ4v) is 16.3. The second-order valence-electron chi connectivity index (χ2n) is 32.9. The van der Waals surface area contributed by atoms with Gasteiger partial charge in [-0.05, 0) is 172 Å². The summed E-state index contributed by atoms with van der Waals surface area (Å²) >= 11 is 0. The maximum atomic E-state index is 4.23. The molecule has 0 saturated carbocycles. The van der Waals surface area contributed by atoms with Crippen molar-refractivity contribution in [1.82, 2.24) is 4.57 Å². The van der Waals surface area contributed by atoms with Crippen molar-refractivity contribution in [2.75, 3.05) is 9.80 Å². The predicted molar refractivity (Wildman–Crippen MR) is 455 cm³/mol. The summed E-state index contributed by atoms with van der Waals surface area (Å²) in [5.74, 6) is 0. The number of rotatable bonds is 12. The Hall–Kier alpha value is -11.5. The van der Waals surface area contributed by atoms with Gasteiger partial charge in [-0.2, -0.15) is 0 Å². The average Bonchev–Trinajstić information content (AvgIpc) is 0.945. The second-order valence-corrected chi connectivity index (χ2v) is 32.9. The zero-order valence-electron chi connectivity index (χ0n) is 63.1. The van der Waals surface area contributed by atoms with Gasteiger partial charge in [-0.25, -0.2) is 0 Å². The molecule has 3 nitrogen and oxygen atoms in total. The van der Waals surface area contributed by atoms with Gasteiger partial charge in [-0.1, -0.05) is 344 Å². The Morgan fingerprint density at radius 1 is 0.343 bits per heavy atom. The lowest BCUT2D eigenvalue weighted by molar-refractivity contribution is 0.569. The molecule has 3 heterocycles. The monoisotopic (exact) mass is 1360 g/mol. The number of benzene rings is 13. The maximum absolute atomic E-state index is 4.23. The molecular weight excluding hydrogens is 1270 g/mol. The summed E-state index contributed by atoms with van der Waals surface area (Å²) in [6, 6.07) is 109. The van der Waals surface area contributed by atoms with Crippen molar-refractivity contribution < 1.29 is 0 Å². The third-order valence-electron chi connectivity index (χ3n) is 21.9. The number of aromatic nitrogens is 1. The molecule has 0 spiro atoms. The Balaban J connectivity index is 1.12. The van der Waals surface area contributed by atoms with E-state index in [-0.39, 0.29) is 28.4 Å². The molecule has 0 radical (unpaired) electrons. The van der Waals surface area contributed by atoms with E-state index in [4.69, 9.17) is 0 Å². The van der Waals surface area contributed by atoms with E-state index in [1.165, 1.54) is 66.1 Å². The van der Waals surface area contributed by atoms with Crippen molar-refractivity contribution in [3.63, 3.8) is 0 Å². The lowest BCUT2D eigenvalue weighted by Crippen LogP contribution is -2.61. The Kier molecular flexibility index (Phi) is 17.1. The van der Waals surface area contributed by atoms with Crippen LogP contribution in [-0.2, 0) is 21.7 Å². The van der Waals surface area contributed by atoms with E-state index in [1.54, 1.807) is 0 Å². The lowest BCUT2D eigenvalue weighted by atomic mass is 9.33. The fraction of sp³-hybridized carbons (Fsp3) is 0.168. The normalized spacial score (nSPS) is 13.2. The lowest BCUT2D eigenvalue weighted by Gasteiger charge is -2.46. The minimum atomic E-state index is -0.225.